The zero-order chi connectivity index (χ0) is 16.6. The van der Waals surface area contributed by atoms with Crippen molar-refractivity contribution in [2.45, 2.75) is 29.7 Å². The van der Waals surface area contributed by atoms with Gasteiger partial charge in [-0.1, -0.05) is 6.07 Å². The summed E-state index contributed by atoms with van der Waals surface area (Å²) in [6, 6.07) is 6.21. The summed E-state index contributed by atoms with van der Waals surface area (Å²) < 4.78 is 29.2. The lowest BCUT2D eigenvalue weighted by atomic mass is 10.00. The molecule has 0 amide bonds. The Morgan fingerprint density at radius 3 is 2.96 bits per heavy atom. The molecule has 2 aromatic rings. The first kappa shape index (κ1) is 16.3. The highest BCUT2D eigenvalue weighted by molar-refractivity contribution is 7.86. The third kappa shape index (κ3) is 3.08. The topological polar surface area (TPSA) is 61.4 Å². The second-order valence-corrected chi connectivity index (χ2v) is 7.07. The van der Waals surface area contributed by atoms with Crippen molar-refractivity contribution < 1.29 is 13.7 Å². The summed E-state index contributed by atoms with van der Waals surface area (Å²) in [7, 11) is -1.58. The first-order chi connectivity index (χ1) is 11.0. The van der Waals surface area contributed by atoms with Crippen LogP contribution < -0.4 is 10.0 Å². The van der Waals surface area contributed by atoms with Crippen molar-refractivity contribution in [2.75, 3.05) is 11.3 Å². The van der Waals surface area contributed by atoms with E-state index in [2.05, 4.69) is 22.7 Å². The molecule has 0 saturated heterocycles. The van der Waals surface area contributed by atoms with Crippen LogP contribution in [0.3, 0.4) is 0 Å². The second-order valence-electron chi connectivity index (χ2n) is 5.41. The highest BCUT2D eigenvalue weighted by Crippen LogP contribution is 2.35. The van der Waals surface area contributed by atoms with Crippen LogP contribution in [0.15, 0.2) is 34.1 Å². The molecule has 122 valence electrons. The van der Waals surface area contributed by atoms with Crippen LogP contribution in [0, 0.1) is 12.7 Å². The molecule has 0 aromatic heterocycles. The van der Waals surface area contributed by atoms with Gasteiger partial charge in [0.25, 0.3) is 0 Å². The first-order valence-electron chi connectivity index (χ1n) is 7.20. The monoisotopic (exact) mass is 352 g/mol. The standard InChI is InChI=1S/C16H17FN2O2S2/c1-9-12(17)3-2-4-13(9)19-23(21)15-7-14(22)16(20)10-5-6-18-8-11(10)15/h2-4,7,18-20,22H,5-6,8H2,1H3. The third-order valence-corrected chi connectivity index (χ3v) is 5.49. The van der Waals surface area contributed by atoms with Crippen molar-refractivity contribution in [3.05, 3.63) is 46.8 Å². The fraction of sp³-hybridized carbons (Fsp3) is 0.250. The Morgan fingerprint density at radius 2 is 2.17 bits per heavy atom. The molecule has 0 spiro atoms. The van der Waals surface area contributed by atoms with Crippen LogP contribution in [0.2, 0.25) is 0 Å². The summed E-state index contributed by atoms with van der Waals surface area (Å²) in [6.45, 7) is 2.91. The summed E-state index contributed by atoms with van der Waals surface area (Å²) in [4.78, 5) is 0.949. The molecule has 0 saturated carbocycles. The molecule has 3 N–H and O–H groups in total. The van der Waals surface area contributed by atoms with Gasteiger partial charge in [-0.05, 0) is 43.7 Å². The lowest BCUT2D eigenvalue weighted by molar-refractivity contribution is 0.446. The molecule has 0 bridgehead atoms. The fourth-order valence-electron chi connectivity index (χ4n) is 2.65. The summed E-state index contributed by atoms with van der Waals surface area (Å²) in [5, 5.41) is 13.4. The van der Waals surface area contributed by atoms with Gasteiger partial charge in [-0.15, -0.1) is 12.6 Å². The fourth-order valence-corrected chi connectivity index (χ4v) is 4.18. The number of thiol groups is 1. The summed E-state index contributed by atoms with van der Waals surface area (Å²) in [6.07, 6.45) is 0.652. The van der Waals surface area contributed by atoms with Gasteiger partial charge < -0.3 is 15.1 Å². The number of rotatable bonds is 3. The van der Waals surface area contributed by atoms with Crippen LogP contribution >= 0.6 is 12.6 Å². The number of aromatic hydroxyl groups is 1. The van der Waals surface area contributed by atoms with E-state index >= 15 is 0 Å². The van der Waals surface area contributed by atoms with Crippen LogP contribution in [0.5, 0.6) is 5.75 Å². The van der Waals surface area contributed by atoms with Crippen LogP contribution in [0.25, 0.3) is 0 Å². The predicted molar refractivity (Wildman–Crippen MR) is 91.9 cm³/mol. The Hall–Kier alpha value is -1.57. The molecular formula is C16H17FN2O2S2. The molecule has 3 rings (SSSR count). The Morgan fingerprint density at radius 1 is 1.39 bits per heavy atom. The van der Waals surface area contributed by atoms with Gasteiger partial charge in [0.1, 0.15) is 11.6 Å². The zero-order valence-electron chi connectivity index (χ0n) is 12.5. The summed E-state index contributed by atoms with van der Waals surface area (Å²) in [5.41, 5.74) is 2.48. The highest BCUT2D eigenvalue weighted by Gasteiger charge is 2.22. The molecule has 7 heteroatoms. The molecule has 2 aromatic carbocycles. The zero-order valence-corrected chi connectivity index (χ0v) is 14.2. The van der Waals surface area contributed by atoms with Crippen LogP contribution in [0.1, 0.15) is 16.7 Å². The van der Waals surface area contributed by atoms with Crippen molar-refractivity contribution in [1.29, 1.82) is 0 Å². The maximum atomic E-state index is 13.6. The molecule has 0 fully saturated rings. The highest BCUT2D eigenvalue weighted by atomic mass is 32.2. The van der Waals surface area contributed by atoms with E-state index in [1.807, 2.05) is 0 Å². The van der Waals surface area contributed by atoms with E-state index in [0.29, 0.717) is 34.0 Å². The van der Waals surface area contributed by atoms with Crippen molar-refractivity contribution in [1.82, 2.24) is 5.32 Å². The van der Waals surface area contributed by atoms with Crippen molar-refractivity contribution in [2.24, 2.45) is 0 Å². The minimum atomic E-state index is -1.58. The van der Waals surface area contributed by atoms with E-state index in [1.54, 1.807) is 25.1 Å². The van der Waals surface area contributed by atoms with Crippen molar-refractivity contribution in [3.8, 4) is 5.75 Å². The van der Waals surface area contributed by atoms with E-state index in [0.717, 1.165) is 17.7 Å². The molecule has 1 aliphatic rings. The Labute approximate surface area is 142 Å². The minimum absolute atomic E-state index is 0.146. The van der Waals surface area contributed by atoms with Crippen LogP contribution in [0.4, 0.5) is 10.1 Å². The first-order valence-corrected chi connectivity index (χ1v) is 8.79. The van der Waals surface area contributed by atoms with Crippen LogP contribution in [-0.2, 0) is 24.0 Å². The Bertz CT molecular complexity index is 796. The molecule has 1 unspecified atom stereocenters. The van der Waals surface area contributed by atoms with E-state index < -0.39 is 11.0 Å². The number of phenols is 1. The van der Waals surface area contributed by atoms with E-state index in [9.17, 15) is 13.7 Å². The maximum Gasteiger partial charge on any atom is 0.150 e. The number of hydrogen-bond acceptors (Lipinski definition) is 4. The van der Waals surface area contributed by atoms with Gasteiger partial charge in [-0.2, -0.15) is 0 Å². The van der Waals surface area contributed by atoms with E-state index in [-0.39, 0.29) is 11.6 Å². The number of benzene rings is 2. The van der Waals surface area contributed by atoms with E-state index in [4.69, 9.17) is 0 Å². The molecule has 1 aliphatic heterocycles. The molecule has 0 aliphatic carbocycles. The largest absolute Gasteiger partial charge is 0.506 e. The number of phenolic OH excluding ortho intramolecular Hbond substituents is 1. The van der Waals surface area contributed by atoms with Gasteiger partial charge >= 0.3 is 0 Å². The number of nitrogens with one attached hydrogen (secondary N) is 2. The lowest BCUT2D eigenvalue weighted by Crippen LogP contribution is -2.26. The molecule has 4 nitrogen and oxygen atoms in total. The second kappa shape index (κ2) is 6.51. The number of anilines is 1. The van der Waals surface area contributed by atoms with E-state index in [1.165, 1.54) is 6.07 Å². The van der Waals surface area contributed by atoms with Gasteiger partial charge in [0.15, 0.2) is 11.0 Å². The minimum Gasteiger partial charge on any atom is -0.506 e. The lowest BCUT2D eigenvalue weighted by Gasteiger charge is -2.22. The smallest absolute Gasteiger partial charge is 0.150 e. The summed E-state index contributed by atoms with van der Waals surface area (Å²) >= 11 is 4.27. The average Bonchev–Trinajstić information content (AvgIpc) is 2.55. The molecule has 0 radical (unpaired) electrons. The average molecular weight is 352 g/mol. The van der Waals surface area contributed by atoms with Crippen molar-refractivity contribution >= 4 is 29.3 Å². The predicted octanol–water partition coefficient (Wildman–Crippen LogP) is 2.91. The quantitative estimate of drug-likeness (QED) is 0.643. The normalized spacial score (nSPS) is 15.1. The van der Waals surface area contributed by atoms with Gasteiger partial charge in [0, 0.05) is 22.6 Å². The molecule has 23 heavy (non-hydrogen) atoms. The van der Waals surface area contributed by atoms with Crippen molar-refractivity contribution in [3.63, 3.8) is 0 Å². The van der Waals surface area contributed by atoms with Gasteiger partial charge in [0.05, 0.1) is 10.6 Å². The SMILES string of the molecule is Cc1c(F)cccc1NS(=O)c1cc(S)c(O)c2c1CNCC2. The number of fused-ring (bicyclic) bond motifs is 1. The molecule has 1 atom stereocenters. The third-order valence-electron chi connectivity index (χ3n) is 3.98. The van der Waals surface area contributed by atoms with Gasteiger partial charge in [-0.3, -0.25) is 0 Å². The number of hydrogen-bond donors (Lipinski definition) is 4. The van der Waals surface area contributed by atoms with Gasteiger partial charge in [0.2, 0.25) is 0 Å². The number of halogens is 1. The summed E-state index contributed by atoms with van der Waals surface area (Å²) in [5.74, 6) is -0.205. The Kier molecular flexibility index (Phi) is 4.61. The van der Waals surface area contributed by atoms with Crippen LogP contribution in [-0.4, -0.2) is 15.9 Å². The molecular weight excluding hydrogens is 335 g/mol. The maximum absolute atomic E-state index is 13.6. The van der Waals surface area contributed by atoms with Gasteiger partial charge in [-0.25, -0.2) is 8.60 Å². The molecule has 1 heterocycles. The Balaban J connectivity index is 2.00.